The first-order valence-electron chi connectivity index (χ1n) is 5.77. The van der Waals surface area contributed by atoms with Gasteiger partial charge in [-0.05, 0) is 37.6 Å². The van der Waals surface area contributed by atoms with Crippen molar-refractivity contribution in [3.8, 4) is 6.07 Å². The quantitative estimate of drug-likeness (QED) is 0.862. The minimum absolute atomic E-state index is 0.150. The summed E-state index contributed by atoms with van der Waals surface area (Å²) in [5, 5.41) is 16.3. The topological polar surface area (TPSA) is 47.9 Å². The summed E-state index contributed by atoms with van der Waals surface area (Å²) in [6, 6.07) is 7.52. The van der Waals surface area contributed by atoms with E-state index >= 15 is 0 Å². The SMILES string of the molecule is CC1(NCc2ccc(C#N)cc2Cl)CCNC1. The minimum atomic E-state index is 0.150. The molecular weight excluding hydrogens is 234 g/mol. The van der Waals surface area contributed by atoms with Crippen LogP contribution in [0.3, 0.4) is 0 Å². The molecule has 1 aromatic carbocycles. The third-order valence-electron chi connectivity index (χ3n) is 3.26. The number of hydrogen-bond donors (Lipinski definition) is 2. The molecule has 0 amide bonds. The van der Waals surface area contributed by atoms with Crippen molar-refractivity contribution in [3.63, 3.8) is 0 Å². The van der Waals surface area contributed by atoms with Gasteiger partial charge in [0.2, 0.25) is 0 Å². The lowest BCUT2D eigenvalue weighted by atomic mass is 10.0. The molecule has 0 aromatic heterocycles. The van der Waals surface area contributed by atoms with Crippen molar-refractivity contribution in [1.82, 2.24) is 10.6 Å². The summed E-state index contributed by atoms with van der Waals surface area (Å²) in [7, 11) is 0. The van der Waals surface area contributed by atoms with Crippen LogP contribution in [0.5, 0.6) is 0 Å². The van der Waals surface area contributed by atoms with E-state index < -0.39 is 0 Å². The number of nitrogens with one attached hydrogen (secondary N) is 2. The fourth-order valence-corrected chi connectivity index (χ4v) is 2.28. The number of nitrogens with zero attached hydrogens (tertiary/aromatic N) is 1. The van der Waals surface area contributed by atoms with Gasteiger partial charge in [0.1, 0.15) is 0 Å². The van der Waals surface area contributed by atoms with Crippen LogP contribution in [0.15, 0.2) is 18.2 Å². The monoisotopic (exact) mass is 249 g/mol. The van der Waals surface area contributed by atoms with E-state index in [0.29, 0.717) is 10.6 Å². The molecule has 2 rings (SSSR count). The molecule has 0 aliphatic carbocycles. The first kappa shape index (κ1) is 12.4. The van der Waals surface area contributed by atoms with Gasteiger partial charge in [0.05, 0.1) is 11.6 Å². The lowest BCUT2D eigenvalue weighted by Gasteiger charge is -2.24. The summed E-state index contributed by atoms with van der Waals surface area (Å²) in [4.78, 5) is 0. The van der Waals surface area contributed by atoms with E-state index in [1.165, 1.54) is 0 Å². The second-order valence-corrected chi connectivity index (χ2v) is 5.17. The predicted molar refractivity (Wildman–Crippen MR) is 68.9 cm³/mol. The lowest BCUT2D eigenvalue weighted by Crippen LogP contribution is -2.43. The van der Waals surface area contributed by atoms with Crippen molar-refractivity contribution in [1.29, 1.82) is 5.26 Å². The first-order valence-corrected chi connectivity index (χ1v) is 6.15. The van der Waals surface area contributed by atoms with Crippen molar-refractivity contribution in [2.45, 2.75) is 25.4 Å². The highest BCUT2D eigenvalue weighted by molar-refractivity contribution is 6.31. The fourth-order valence-electron chi connectivity index (χ4n) is 2.04. The lowest BCUT2D eigenvalue weighted by molar-refractivity contribution is 0.386. The third kappa shape index (κ3) is 2.98. The van der Waals surface area contributed by atoms with Crippen LogP contribution in [0.25, 0.3) is 0 Å². The average molecular weight is 250 g/mol. The standard InChI is InChI=1S/C13H16ClN3/c1-13(4-5-16-9-13)17-8-11-3-2-10(7-15)6-12(11)14/h2-3,6,16-17H,4-5,8-9H2,1H3. The summed E-state index contributed by atoms with van der Waals surface area (Å²) in [6.45, 7) is 5.00. The Labute approximate surface area is 107 Å². The molecular formula is C13H16ClN3. The summed E-state index contributed by atoms with van der Waals surface area (Å²) < 4.78 is 0. The Morgan fingerprint density at radius 3 is 3.00 bits per heavy atom. The highest BCUT2D eigenvalue weighted by atomic mass is 35.5. The molecule has 2 N–H and O–H groups in total. The Kier molecular flexibility index (Phi) is 3.68. The maximum atomic E-state index is 8.76. The van der Waals surface area contributed by atoms with Crippen molar-refractivity contribution < 1.29 is 0 Å². The van der Waals surface area contributed by atoms with Gasteiger partial charge in [-0.15, -0.1) is 0 Å². The molecule has 3 nitrogen and oxygen atoms in total. The maximum Gasteiger partial charge on any atom is 0.0992 e. The van der Waals surface area contributed by atoms with Crippen LogP contribution in [0.4, 0.5) is 0 Å². The van der Waals surface area contributed by atoms with E-state index in [0.717, 1.165) is 31.6 Å². The van der Waals surface area contributed by atoms with E-state index in [1.807, 2.05) is 6.07 Å². The molecule has 1 aromatic rings. The van der Waals surface area contributed by atoms with E-state index in [-0.39, 0.29) is 5.54 Å². The zero-order valence-corrected chi connectivity index (χ0v) is 10.6. The molecule has 1 unspecified atom stereocenters. The van der Waals surface area contributed by atoms with Crippen molar-refractivity contribution in [2.75, 3.05) is 13.1 Å². The van der Waals surface area contributed by atoms with Gasteiger partial charge in [0.15, 0.2) is 0 Å². The molecule has 17 heavy (non-hydrogen) atoms. The Morgan fingerprint density at radius 1 is 1.59 bits per heavy atom. The first-order chi connectivity index (χ1) is 8.13. The second kappa shape index (κ2) is 5.05. The van der Waals surface area contributed by atoms with E-state index in [2.05, 4.69) is 23.6 Å². The van der Waals surface area contributed by atoms with Crippen LogP contribution in [-0.2, 0) is 6.54 Å². The van der Waals surface area contributed by atoms with Gasteiger partial charge in [-0.3, -0.25) is 0 Å². The smallest absolute Gasteiger partial charge is 0.0992 e. The van der Waals surface area contributed by atoms with Crippen LogP contribution < -0.4 is 10.6 Å². The highest BCUT2D eigenvalue weighted by Gasteiger charge is 2.27. The van der Waals surface area contributed by atoms with Gasteiger partial charge in [-0.2, -0.15) is 5.26 Å². The number of halogens is 1. The molecule has 1 saturated heterocycles. The molecule has 0 spiro atoms. The molecule has 0 radical (unpaired) electrons. The van der Waals surface area contributed by atoms with Gasteiger partial charge in [0.25, 0.3) is 0 Å². The summed E-state index contributed by atoms with van der Waals surface area (Å²) in [5.41, 5.74) is 1.79. The average Bonchev–Trinajstić information content (AvgIpc) is 2.75. The van der Waals surface area contributed by atoms with Crippen LogP contribution in [0.2, 0.25) is 5.02 Å². The van der Waals surface area contributed by atoms with Crippen LogP contribution in [0.1, 0.15) is 24.5 Å². The maximum absolute atomic E-state index is 8.76. The van der Waals surface area contributed by atoms with E-state index in [1.54, 1.807) is 12.1 Å². The van der Waals surface area contributed by atoms with Crippen LogP contribution in [0, 0.1) is 11.3 Å². The molecule has 90 valence electrons. The zero-order valence-electron chi connectivity index (χ0n) is 9.89. The van der Waals surface area contributed by atoms with Gasteiger partial charge in [-0.25, -0.2) is 0 Å². The highest BCUT2D eigenvalue weighted by Crippen LogP contribution is 2.20. The number of rotatable bonds is 3. The predicted octanol–water partition coefficient (Wildman–Crippen LogP) is 2.05. The Balaban J connectivity index is 2.02. The number of hydrogen-bond acceptors (Lipinski definition) is 3. The van der Waals surface area contributed by atoms with Gasteiger partial charge in [0, 0.05) is 23.7 Å². The zero-order chi connectivity index (χ0) is 12.3. The molecule has 1 fully saturated rings. The third-order valence-corrected chi connectivity index (χ3v) is 3.61. The number of nitriles is 1. The summed E-state index contributed by atoms with van der Waals surface area (Å²) >= 11 is 6.13. The molecule has 0 bridgehead atoms. The van der Waals surface area contributed by atoms with E-state index in [4.69, 9.17) is 16.9 Å². The molecule has 1 aliphatic heterocycles. The molecule has 0 saturated carbocycles. The van der Waals surface area contributed by atoms with Crippen molar-refractivity contribution >= 4 is 11.6 Å². The van der Waals surface area contributed by atoms with Gasteiger partial charge in [-0.1, -0.05) is 17.7 Å². The normalized spacial score (nSPS) is 23.6. The largest absolute Gasteiger partial charge is 0.315 e. The minimum Gasteiger partial charge on any atom is -0.315 e. The summed E-state index contributed by atoms with van der Waals surface area (Å²) in [6.07, 6.45) is 1.13. The molecule has 4 heteroatoms. The van der Waals surface area contributed by atoms with Gasteiger partial charge < -0.3 is 10.6 Å². The Hall–Kier alpha value is -1.08. The Morgan fingerprint density at radius 2 is 2.41 bits per heavy atom. The Bertz CT molecular complexity index is 444. The van der Waals surface area contributed by atoms with Crippen LogP contribution >= 0.6 is 11.6 Å². The molecule has 1 atom stereocenters. The number of benzene rings is 1. The van der Waals surface area contributed by atoms with Crippen LogP contribution in [-0.4, -0.2) is 18.6 Å². The molecule has 1 aliphatic rings. The summed E-state index contributed by atoms with van der Waals surface area (Å²) in [5.74, 6) is 0. The van der Waals surface area contributed by atoms with Gasteiger partial charge >= 0.3 is 0 Å². The van der Waals surface area contributed by atoms with Crippen molar-refractivity contribution in [2.24, 2.45) is 0 Å². The van der Waals surface area contributed by atoms with E-state index in [9.17, 15) is 0 Å². The fraction of sp³-hybridized carbons (Fsp3) is 0.462. The van der Waals surface area contributed by atoms with Crippen molar-refractivity contribution in [3.05, 3.63) is 34.3 Å². The second-order valence-electron chi connectivity index (χ2n) is 4.76. The molecule has 1 heterocycles.